The molecule has 2 rings (SSSR count). The van der Waals surface area contributed by atoms with Gasteiger partial charge >= 0.3 is 6.09 Å². The molecule has 1 saturated heterocycles. The standard InChI is InChI=1S/C16H22N2O8/c1-24-15(23)18-16(14(17)22)13(21)12(11(20)10(7-19)26-16)25-8-9-5-3-2-4-6-9/h2-6,10-13,19-21H,7-8H2,1H3,(H2,17,22)(H,18,23)/t10-,11-,12+,13-,16+/m1/s1. The zero-order valence-electron chi connectivity index (χ0n) is 14.1. The van der Waals surface area contributed by atoms with Crippen molar-refractivity contribution in [3.63, 3.8) is 0 Å². The summed E-state index contributed by atoms with van der Waals surface area (Å²) in [5, 5.41) is 32.4. The summed E-state index contributed by atoms with van der Waals surface area (Å²) in [5.74, 6) is -1.24. The highest BCUT2D eigenvalue weighted by molar-refractivity contribution is 5.88. The smallest absolute Gasteiger partial charge is 0.409 e. The number of rotatable bonds is 6. The second kappa shape index (κ2) is 8.43. The number of nitrogens with two attached hydrogens (primary N) is 1. The molecule has 0 aromatic heterocycles. The van der Waals surface area contributed by atoms with Gasteiger partial charge in [0.1, 0.15) is 24.4 Å². The van der Waals surface area contributed by atoms with E-state index in [4.69, 9.17) is 15.2 Å². The summed E-state index contributed by atoms with van der Waals surface area (Å²) in [4.78, 5) is 23.6. The van der Waals surface area contributed by atoms with Gasteiger partial charge in [-0.05, 0) is 5.56 Å². The highest BCUT2D eigenvalue weighted by Gasteiger charge is 2.59. The molecule has 1 aliphatic heterocycles. The predicted molar refractivity (Wildman–Crippen MR) is 86.5 cm³/mol. The van der Waals surface area contributed by atoms with Gasteiger partial charge < -0.3 is 35.3 Å². The summed E-state index contributed by atoms with van der Waals surface area (Å²) in [7, 11) is 1.04. The molecule has 1 fully saturated rings. The Morgan fingerprint density at radius 1 is 1.31 bits per heavy atom. The van der Waals surface area contributed by atoms with Crippen LogP contribution in [-0.4, -0.2) is 71.2 Å². The van der Waals surface area contributed by atoms with E-state index in [2.05, 4.69) is 4.74 Å². The van der Waals surface area contributed by atoms with Crippen LogP contribution >= 0.6 is 0 Å². The maximum Gasteiger partial charge on any atom is 0.409 e. The van der Waals surface area contributed by atoms with E-state index < -0.39 is 48.7 Å². The second-order valence-corrected chi connectivity index (χ2v) is 5.75. The number of benzene rings is 1. The van der Waals surface area contributed by atoms with Gasteiger partial charge in [0.2, 0.25) is 0 Å². The van der Waals surface area contributed by atoms with Crippen LogP contribution in [0.1, 0.15) is 5.56 Å². The minimum atomic E-state index is -2.44. The number of hydrogen-bond acceptors (Lipinski definition) is 8. The molecular formula is C16H22N2O8. The Morgan fingerprint density at radius 3 is 2.50 bits per heavy atom. The number of ether oxygens (including phenoxy) is 3. The molecule has 0 radical (unpaired) electrons. The number of primary amides is 1. The maximum absolute atomic E-state index is 12.0. The zero-order valence-corrected chi connectivity index (χ0v) is 14.1. The monoisotopic (exact) mass is 370 g/mol. The minimum Gasteiger partial charge on any atom is -0.453 e. The van der Waals surface area contributed by atoms with E-state index in [0.717, 1.165) is 12.7 Å². The van der Waals surface area contributed by atoms with Crippen LogP contribution in [0, 0.1) is 0 Å². The number of hydrogen-bond donors (Lipinski definition) is 5. The van der Waals surface area contributed by atoms with Crippen molar-refractivity contribution in [3.05, 3.63) is 35.9 Å². The van der Waals surface area contributed by atoms with Crippen molar-refractivity contribution in [3.8, 4) is 0 Å². The molecule has 144 valence electrons. The molecule has 1 aliphatic rings. The summed E-state index contributed by atoms with van der Waals surface area (Å²) in [6.45, 7) is -0.720. The molecule has 6 N–H and O–H groups in total. The molecule has 0 spiro atoms. The minimum absolute atomic E-state index is 0.00909. The van der Waals surface area contributed by atoms with Crippen LogP contribution in [0.4, 0.5) is 4.79 Å². The Labute approximate surface area is 149 Å². The van der Waals surface area contributed by atoms with Crippen molar-refractivity contribution in [2.24, 2.45) is 5.73 Å². The third-order valence-electron chi connectivity index (χ3n) is 4.09. The van der Waals surface area contributed by atoms with Gasteiger partial charge in [0, 0.05) is 0 Å². The Morgan fingerprint density at radius 2 is 1.96 bits per heavy atom. The molecule has 0 bridgehead atoms. The fraction of sp³-hybridized carbons (Fsp3) is 0.500. The van der Waals surface area contributed by atoms with Crippen molar-refractivity contribution in [1.82, 2.24) is 5.32 Å². The molecule has 1 heterocycles. The Balaban J connectivity index is 2.29. The first-order valence-electron chi connectivity index (χ1n) is 7.82. The lowest BCUT2D eigenvalue weighted by Crippen LogP contribution is -2.76. The van der Waals surface area contributed by atoms with Crippen LogP contribution in [0.3, 0.4) is 0 Å². The summed E-state index contributed by atoms with van der Waals surface area (Å²) >= 11 is 0. The van der Waals surface area contributed by atoms with Crippen LogP contribution in [0.2, 0.25) is 0 Å². The summed E-state index contributed by atoms with van der Waals surface area (Å²) in [6, 6.07) is 8.88. The summed E-state index contributed by atoms with van der Waals surface area (Å²) < 4.78 is 15.2. The van der Waals surface area contributed by atoms with E-state index >= 15 is 0 Å². The molecule has 10 nitrogen and oxygen atoms in total. The van der Waals surface area contributed by atoms with Crippen molar-refractivity contribution in [1.29, 1.82) is 0 Å². The Hall–Kier alpha value is -2.24. The molecule has 0 aliphatic carbocycles. The maximum atomic E-state index is 12.0. The van der Waals surface area contributed by atoms with Crippen molar-refractivity contribution in [2.75, 3.05) is 13.7 Å². The van der Waals surface area contributed by atoms with E-state index in [-0.39, 0.29) is 6.61 Å². The topological polar surface area (TPSA) is 161 Å². The van der Waals surface area contributed by atoms with Crippen LogP contribution in [0.15, 0.2) is 30.3 Å². The van der Waals surface area contributed by atoms with Crippen LogP contribution in [0.25, 0.3) is 0 Å². The average molecular weight is 370 g/mol. The van der Waals surface area contributed by atoms with Gasteiger partial charge in [0.25, 0.3) is 11.6 Å². The van der Waals surface area contributed by atoms with Gasteiger partial charge in [0.15, 0.2) is 0 Å². The summed E-state index contributed by atoms with van der Waals surface area (Å²) in [5.41, 5.74) is 3.61. The number of carbonyl (C=O) groups is 2. The van der Waals surface area contributed by atoms with Crippen molar-refractivity contribution in [2.45, 2.75) is 36.7 Å². The lowest BCUT2D eigenvalue weighted by Gasteiger charge is -2.47. The lowest BCUT2D eigenvalue weighted by atomic mass is 9.89. The number of aliphatic hydroxyl groups excluding tert-OH is 3. The zero-order chi connectivity index (χ0) is 19.3. The predicted octanol–water partition coefficient (Wildman–Crippen LogP) is -1.78. The van der Waals surface area contributed by atoms with Crippen molar-refractivity contribution < 1.29 is 39.1 Å². The normalized spacial score (nSPS) is 31.2. The average Bonchev–Trinajstić information content (AvgIpc) is 2.64. The molecular weight excluding hydrogens is 348 g/mol. The van der Waals surface area contributed by atoms with E-state index in [9.17, 15) is 24.9 Å². The fourth-order valence-corrected chi connectivity index (χ4v) is 2.68. The third-order valence-corrected chi connectivity index (χ3v) is 4.09. The van der Waals surface area contributed by atoms with Gasteiger partial charge in [-0.15, -0.1) is 0 Å². The first-order chi connectivity index (χ1) is 12.4. The largest absolute Gasteiger partial charge is 0.453 e. The van der Waals surface area contributed by atoms with Gasteiger partial charge in [-0.3, -0.25) is 10.1 Å². The number of alkyl carbamates (subject to hydrolysis) is 1. The molecule has 5 atom stereocenters. The highest BCUT2D eigenvalue weighted by atomic mass is 16.6. The Bertz CT molecular complexity index is 628. The highest BCUT2D eigenvalue weighted by Crippen LogP contribution is 2.30. The molecule has 1 aromatic carbocycles. The number of carbonyl (C=O) groups excluding carboxylic acids is 2. The molecule has 0 unspecified atom stereocenters. The first-order valence-corrected chi connectivity index (χ1v) is 7.82. The lowest BCUT2D eigenvalue weighted by molar-refractivity contribution is -0.281. The molecule has 1 aromatic rings. The molecule has 2 amide bonds. The van der Waals surface area contributed by atoms with E-state index in [1.165, 1.54) is 0 Å². The third kappa shape index (κ3) is 3.94. The molecule has 26 heavy (non-hydrogen) atoms. The number of nitrogens with one attached hydrogen (secondary N) is 1. The van der Waals surface area contributed by atoms with Gasteiger partial charge in [-0.2, -0.15) is 0 Å². The fourth-order valence-electron chi connectivity index (χ4n) is 2.68. The van der Waals surface area contributed by atoms with Gasteiger partial charge in [-0.1, -0.05) is 30.3 Å². The van der Waals surface area contributed by atoms with Crippen LogP contribution in [-0.2, 0) is 25.6 Å². The quantitative estimate of drug-likeness (QED) is 0.393. The first kappa shape index (κ1) is 20.1. The Kier molecular flexibility index (Phi) is 6.51. The second-order valence-electron chi connectivity index (χ2n) is 5.75. The molecule has 0 saturated carbocycles. The van der Waals surface area contributed by atoms with Gasteiger partial charge in [-0.25, -0.2) is 4.79 Å². The van der Waals surface area contributed by atoms with Crippen molar-refractivity contribution >= 4 is 12.0 Å². The number of aliphatic hydroxyl groups is 3. The van der Waals surface area contributed by atoms with Crippen LogP contribution in [0.5, 0.6) is 0 Å². The SMILES string of the molecule is COC(=O)N[C@]1(C(N)=O)O[C@H](CO)[C@@H](O)[C@H](OCc2ccccc2)[C@H]1O. The van der Waals surface area contributed by atoms with E-state index in [1.807, 2.05) is 11.4 Å². The number of methoxy groups -OCH3 is 1. The van der Waals surface area contributed by atoms with Gasteiger partial charge in [0.05, 0.1) is 20.3 Å². The van der Waals surface area contributed by atoms with Crippen LogP contribution < -0.4 is 11.1 Å². The summed E-state index contributed by atoms with van der Waals surface area (Å²) in [6.07, 6.45) is -7.17. The number of amides is 2. The molecule has 10 heteroatoms. The van der Waals surface area contributed by atoms with E-state index in [1.54, 1.807) is 24.3 Å². The van der Waals surface area contributed by atoms with E-state index in [0.29, 0.717) is 0 Å².